The summed E-state index contributed by atoms with van der Waals surface area (Å²) in [5.74, 6) is 0. The number of pyridine rings is 1. The molecule has 2 atom stereocenters. The highest BCUT2D eigenvalue weighted by Crippen LogP contribution is 2.29. The molecule has 6 nitrogen and oxygen atoms in total. The van der Waals surface area contributed by atoms with E-state index >= 15 is 0 Å². The highest BCUT2D eigenvalue weighted by molar-refractivity contribution is 5.82. The molecule has 134 valence electrons. The van der Waals surface area contributed by atoms with Crippen molar-refractivity contribution in [2.24, 2.45) is 0 Å². The fourth-order valence-electron chi connectivity index (χ4n) is 3.83. The van der Waals surface area contributed by atoms with E-state index in [1.807, 2.05) is 43.0 Å². The molecule has 2 aromatic heterocycles. The first-order valence-electron chi connectivity index (χ1n) is 9.16. The largest absolute Gasteiger partial charge is 0.338 e. The van der Waals surface area contributed by atoms with Gasteiger partial charge in [-0.3, -0.25) is 4.98 Å². The van der Waals surface area contributed by atoms with E-state index < -0.39 is 0 Å². The van der Waals surface area contributed by atoms with Crippen LogP contribution >= 0.6 is 0 Å². The topological polar surface area (TPSA) is 71.8 Å². The third-order valence-electron chi connectivity index (χ3n) is 5.12. The third-order valence-corrected chi connectivity index (χ3v) is 5.12. The third kappa shape index (κ3) is 3.54. The average molecular weight is 349 g/mol. The summed E-state index contributed by atoms with van der Waals surface area (Å²) in [6.07, 6.45) is 11.4. The Labute approximate surface area is 152 Å². The van der Waals surface area contributed by atoms with Crippen LogP contribution in [0.25, 0.3) is 10.9 Å². The summed E-state index contributed by atoms with van der Waals surface area (Å²) in [6, 6.07) is 10.5. The van der Waals surface area contributed by atoms with Crippen molar-refractivity contribution in [3.63, 3.8) is 0 Å². The first kappa shape index (κ1) is 16.6. The van der Waals surface area contributed by atoms with E-state index in [0.29, 0.717) is 12.6 Å². The molecule has 1 aliphatic carbocycles. The van der Waals surface area contributed by atoms with Crippen molar-refractivity contribution in [1.82, 2.24) is 25.2 Å². The number of fused-ring (bicyclic) bond motifs is 1. The number of urea groups is 1. The molecule has 1 fully saturated rings. The summed E-state index contributed by atoms with van der Waals surface area (Å²) in [4.78, 5) is 20.8. The molecule has 2 N–H and O–H groups in total. The van der Waals surface area contributed by atoms with Gasteiger partial charge in [0.05, 0.1) is 23.9 Å². The molecular formula is C20H23N5O. The number of para-hydroxylation sites is 1. The number of nitrogens with one attached hydrogen (secondary N) is 2. The smallest absolute Gasteiger partial charge is 0.315 e. The van der Waals surface area contributed by atoms with Crippen LogP contribution in [0.5, 0.6) is 0 Å². The molecule has 0 radical (unpaired) electrons. The molecule has 6 heteroatoms. The second kappa shape index (κ2) is 7.56. The molecule has 2 amide bonds. The van der Waals surface area contributed by atoms with Crippen LogP contribution in [0.3, 0.4) is 0 Å². The Morgan fingerprint density at radius 3 is 3.00 bits per heavy atom. The van der Waals surface area contributed by atoms with Gasteiger partial charge in [-0.2, -0.15) is 0 Å². The Kier molecular flexibility index (Phi) is 4.82. The molecule has 0 aliphatic heterocycles. The molecular weight excluding hydrogens is 326 g/mol. The monoisotopic (exact) mass is 349 g/mol. The van der Waals surface area contributed by atoms with Gasteiger partial charge < -0.3 is 15.2 Å². The fourth-order valence-corrected chi connectivity index (χ4v) is 3.83. The van der Waals surface area contributed by atoms with E-state index in [1.54, 1.807) is 6.20 Å². The van der Waals surface area contributed by atoms with Crippen molar-refractivity contribution >= 4 is 16.9 Å². The maximum atomic E-state index is 12.3. The van der Waals surface area contributed by atoms with Gasteiger partial charge in [0.15, 0.2) is 0 Å². The van der Waals surface area contributed by atoms with Crippen LogP contribution in [0, 0.1) is 0 Å². The Morgan fingerprint density at radius 1 is 1.19 bits per heavy atom. The first-order chi connectivity index (χ1) is 12.8. The van der Waals surface area contributed by atoms with E-state index in [2.05, 4.69) is 31.2 Å². The van der Waals surface area contributed by atoms with Gasteiger partial charge in [-0.1, -0.05) is 18.2 Å². The number of benzene rings is 1. The van der Waals surface area contributed by atoms with E-state index in [0.717, 1.165) is 36.6 Å². The van der Waals surface area contributed by atoms with Crippen LogP contribution in [0.4, 0.5) is 4.79 Å². The van der Waals surface area contributed by atoms with Gasteiger partial charge in [-0.15, -0.1) is 0 Å². The van der Waals surface area contributed by atoms with Crippen LogP contribution < -0.4 is 10.6 Å². The molecule has 1 saturated carbocycles. The Balaban J connectivity index is 1.31. The van der Waals surface area contributed by atoms with Gasteiger partial charge in [0, 0.05) is 30.5 Å². The lowest BCUT2D eigenvalue weighted by Crippen LogP contribution is -2.44. The Morgan fingerprint density at radius 2 is 2.12 bits per heavy atom. The van der Waals surface area contributed by atoms with Gasteiger partial charge in [0.2, 0.25) is 0 Å². The van der Waals surface area contributed by atoms with E-state index in [-0.39, 0.29) is 12.1 Å². The lowest BCUT2D eigenvalue weighted by Gasteiger charge is -2.22. The summed E-state index contributed by atoms with van der Waals surface area (Å²) >= 11 is 0. The highest BCUT2D eigenvalue weighted by atomic mass is 16.2. The zero-order chi connectivity index (χ0) is 17.8. The van der Waals surface area contributed by atoms with Crippen molar-refractivity contribution in [3.05, 3.63) is 60.8 Å². The van der Waals surface area contributed by atoms with Crippen LogP contribution in [0.15, 0.2) is 55.2 Å². The molecule has 3 aromatic rings. The zero-order valence-corrected chi connectivity index (χ0v) is 14.6. The Bertz CT molecular complexity index is 872. The number of rotatable bonds is 5. The van der Waals surface area contributed by atoms with E-state index in [1.165, 1.54) is 5.56 Å². The number of carbonyl (C=O) groups is 1. The standard InChI is InChI=1S/C20H23N5O/c26-20(24-18-6-3-7-19(18)25-13-12-21-14-25)23-11-9-15-8-10-22-17-5-2-1-4-16(15)17/h1-2,4-5,8,10,12-14,18-19H,3,6-7,9,11H2,(H2,23,24,26)/t18-,19+/m1/s1. The number of hydrogen-bond acceptors (Lipinski definition) is 3. The minimum Gasteiger partial charge on any atom is -0.338 e. The quantitative estimate of drug-likeness (QED) is 0.744. The lowest BCUT2D eigenvalue weighted by molar-refractivity contribution is 0.233. The summed E-state index contributed by atoms with van der Waals surface area (Å²) in [5, 5.41) is 7.27. The van der Waals surface area contributed by atoms with Gasteiger partial charge in [0.25, 0.3) is 0 Å². The van der Waals surface area contributed by atoms with Crippen LogP contribution in [-0.2, 0) is 6.42 Å². The van der Waals surface area contributed by atoms with Crippen molar-refractivity contribution in [2.45, 2.75) is 37.8 Å². The Hall–Kier alpha value is -2.89. The molecule has 4 rings (SSSR count). The number of amides is 2. The number of nitrogens with zero attached hydrogens (tertiary/aromatic N) is 3. The number of carbonyl (C=O) groups excluding carboxylic acids is 1. The molecule has 0 unspecified atom stereocenters. The summed E-state index contributed by atoms with van der Waals surface area (Å²) in [5.41, 5.74) is 2.19. The maximum absolute atomic E-state index is 12.3. The minimum atomic E-state index is -0.0969. The predicted molar refractivity (Wildman–Crippen MR) is 101 cm³/mol. The van der Waals surface area contributed by atoms with Crippen LogP contribution in [0.2, 0.25) is 0 Å². The summed E-state index contributed by atoms with van der Waals surface area (Å²) in [6.45, 7) is 0.600. The normalized spacial score (nSPS) is 19.5. The second-order valence-electron chi connectivity index (χ2n) is 6.75. The van der Waals surface area contributed by atoms with Crippen molar-refractivity contribution < 1.29 is 4.79 Å². The van der Waals surface area contributed by atoms with Gasteiger partial charge >= 0.3 is 6.03 Å². The van der Waals surface area contributed by atoms with E-state index in [9.17, 15) is 4.79 Å². The fraction of sp³-hybridized carbons (Fsp3) is 0.350. The lowest BCUT2D eigenvalue weighted by atomic mass is 10.1. The molecule has 1 aliphatic rings. The average Bonchev–Trinajstić information content (AvgIpc) is 3.33. The zero-order valence-electron chi connectivity index (χ0n) is 14.6. The summed E-state index contributed by atoms with van der Waals surface area (Å²) in [7, 11) is 0. The molecule has 0 saturated heterocycles. The highest BCUT2D eigenvalue weighted by Gasteiger charge is 2.29. The second-order valence-corrected chi connectivity index (χ2v) is 6.75. The van der Waals surface area contributed by atoms with Crippen LogP contribution in [0.1, 0.15) is 30.9 Å². The van der Waals surface area contributed by atoms with Gasteiger partial charge in [0.1, 0.15) is 0 Å². The number of aromatic nitrogens is 3. The summed E-state index contributed by atoms with van der Waals surface area (Å²) < 4.78 is 2.10. The number of imidazole rings is 1. The van der Waals surface area contributed by atoms with Crippen molar-refractivity contribution in [2.75, 3.05) is 6.54 Å². The minimum absolute atomic E-state index is 0.0969. The number of hydrogen-bond donors (Lipinski definition) is 2. The van der Waals surface area contributed by atoms with Crippen molar-refractivity contribution in [1.29, 1.82) is 0 Å². The molecule has 0 spiro atoms. The van der Waals surface area contributed by atoms with E-state index in [4.69, 9.17) is 0 Å². The maximum Gasteiger partial charge on any atom is 0.315 e. The van der Waals surface area contributed by atoms with Gasteiger partial charge in [-0.05, 0) is 43.4 Å². The van der Waals surface area contributed by atoms with Gasteiger partial charge in [-0.25, -0.2) is 9.78 Å². The molecule has 26 heavy (non-hydrogen) atoms. The van der Waals surface area contributed by atoms with Crippen molar-refractivity contribution in [3.8, 4) is 0 Å². The molecule has 2 heterocycles. The first-order valence-corrected chi connectivity index (χ1v) is 9.16. The SMILES string of the molecule is O=C(NCCc1ccnc2ccccc12)N[C@@H]1CCC[C@@H]1n1ccnc1. The molecule has 0 bridgehead atoms. The predicted octanol–water partition coefficient (Wildman–Crippen LogP) is 3.07. The molecule has 1 aromatic carbocycles. The van der Waals surface area contributed by atoms with Crippen LogP contribution in [-0.4, -0.2) is 33.2 Å².